The second-order valence-electron chi connectivity index (χ2n) is 6.44. The Morgan fingerprint density at radius 2 is 1.89 bits per heavy atom. The van der Waals surface area contributed by atoms with E-state index in [2.05, 4.69) is 21.6 Å². The lowest BCUT2D eigenvalue weighted by molar-refractivity contribution is 0.198. The predicted molar refractivity (Wildman–Crippen MR) is 103 cm³/mol. The van der Waals surface area contributed by atoms with Crippen LogP contribution in [0, 0.1) is 0 Å². The molecule has 1 heterocycles. The van der Waals surface area contributed by atoms with Crippen molar-refractivity contribution in [3.05, 3.63) is 53.7 Å². The number of carbonyl (C=O) groups excluding carboxylic acids is 1. The number of ether oxygens (including phenoxy) is 1. The standard InChI is InChI=1S/C20H24N4O3/c1-5-18-22-23-19(27-18)12-24(3)20(25)21-13(2)14-6-7-16-11-17(26-4)9-8-15(16)10-14/h6-11,13H,5,12H2,1-4H3,(H,21,25)/t13-/m0/s1. The maximum Gasteiger partial charge on any atom is 0.318 e. The fourth-order valence-electron chi connectivity index (χ4n) is 2.79. The van der Waals surface area contributed by atoms with Crippen molar-refractivity contribution in [3.63, 3.8) is 0 Å². The number of amides is 2. The highest BCUT2D eigenvalue weighted by atomic mass is 16.5. The largest absolute Gasteiger partial charge is 0.497 e. The number of aryl methyl sites for hydroxylation is 1. The van der Waals surface area contributed by atoms with Crippen LogP contribution in [0.5, 0.6) is 5.75 Å². The molecule has 3 rings (SSSR count). The Balaban J connectivity index is 1.65. The van der Waals surface area contributed by atoms with Gasteiger partial charge in [0.05, 0.1) is 13.2 Å². The molecule has 0 aliphatic heterocycles. The number of methoxy groups -OCH3 is 1. The number of hydrogen-bond donors (Lipinski definition) is 1. The predicted octanol–water partition coefficient (Wildman–Crippen LogP) is 3.70. The van der Waals surface area contributed by atoms with E-state index >= 15 is 0 Å². The minimum atomic E-state index is -0.200. The first-order valence-electron chi connectivity index (χ1n) is 8.90. The third kappa shape index (κ3) is 4.36. The summed E-state index contributed by atoms with van der Waals surface area (Å²) < 4.78 is 10.7. The van der Waals surface area contributed by atoms with Gasteiger partial charge in [0.2, 0.25) is 11.8 Å². The lowest BCUT2D eigenvalue weighted by atomic mass is 10.0. The Labute approximate surface area is 158 Å². The van der Waals surface area contributed by atoms with Gasteiger partial charge in [0.1, 0.15) is 12.3 Å². The molecule has 3 aromatic rings. The van der Waals surface area contributed by atoms with Crippen molar-refractivity contribution >= 4 is 16.8 Å². The minimum absolute atomic E-state index is 0.139. The van der Waals surface area contributed by atoms with E-state index in [9.17, 15) is 4.79 Å². The third-order valence-electron chi connectivity index (χ3n) is 4.44. The normalized spacial score (nSPS) is 12.0. The van der Waals surface area contributed by atoms with Crippen LogP contribution in [0.3, 0.4) is 0 Å². The van der Waals surface area contributed by atoms with E-state index in [4.69, 9.17) is 9.15 Å². The lowest BCUT2D eigenvalue weighted by Gasteiger charge is -2.20. The van der Waals surface area contributed by atoms with Crippen LogP contribution in [0.1, 0.15) is 37.2 Å². The van der Waals surface area contributed by atoms with Gasteiger partial charge in [-0.1, -0.05) is 25.1 Å². The molecule has 0 saturated heterocycles. The second kappa shape index (κ2) is 8.07. The number of aromatic nitrogens is 2. The van der Waals surface area contributed by atoms with Crippen molar-refractivity contribution in [1.82, 2.24) is 20.4 Å². The zero-order valence-corrected chi connectivity index (χ0v) is 16.0. The van der Waals surface area contributed by atoms with Crippen LogP contribution in [-0.2, 0) is 13.0 Å². The maximum atomic E-state index is 12.5. The van der Waals surface area contributed by atoms with E-state index in [-0.39, 0.29) is 18.6 Å². The van der Waals surface area contributed by atoms with Gasteiger partial charge in [0.15, 0.2) is 0 Å². The molecule has 27 heavy (non-hydrogen) atoms. The van der Waals surface area contributed by atoms with E-state index < -0.39 is 0 Å². The Morgan fingerprint density at radius 3 is 2.59 bits per heavy atom. The van der Waals surface area contributed by atoms with Crippen molar-refractivity contribution < 1.29 is 13.9 Å². The van der Waals surface area contributed by atoms with E-state index in [1.54, 1.807) is 14.2 Å². The van der Waals surface area contributed by atoms with E-state index in [1.165, 1.54) is 4.90 Å². The number of nitrogens with one attached hydrogen (secondary N) is 1. The van der Waals surface area contributed by atoms with Gasteiger partial charge < -0.3 is 19.4 Å². The molecular formula is C20H24N4O3. The number of carbonyl (C=O) groups is 1. The highest BCUT2D eigenvalue weighted by Gasteiger charge is 2.16. The van der Waals surface area contributed by atoms with Gasteiger partial charge in [-0.3, -0.25) is 0 Å². The molecule has 2 aromatic carbocycles. The summed E-state index contributed by atoms with van der Waals surface area (Å²) in [5.74, 6) is 1.82. The fraction of sp³-hybridized carbons (Fsp3) is 0.350. The van der Waals surface area contributed by atoms with Gasteiger partial charge in [0.25, 0.3) is 0 Å². The molecular weight excluding hydrogens is 344 g/mol. The molecule has 0 radical (unpaired) electrons. The average Bonchev–Trinajstić information content (AvgIpc) is 3.14. The Morgan fingerprint density at radius 1 is 1.19 bits per heavy atom. The zero-order valence-electron chi connectivity index (χ0n) is 16.0. The summed E-state index contributed by atoms with van der Waals surface area (Å²) in [7, 11) is 3.35. The molecule has 0 spiro atoms. The summed E-state index contributed by atoms with van der Waals surface area (Å²) in [6.07, 6.45) is 0.674. The van der Waals surface area contributed by atoms with E-state index in [0.717, 1.165) is 22.1 Å². The molecule has 0 saturated carbocycles. The SMILES string of the molecule is CCc1nnc(CN(C)C(=O)N[C@@H](C)c2ccc3cc(OC)ccc3c2)o1. The summed E-state index contributed by atoms with van der Waals surface area (Å²) >= 11 is 0. The van der Waals surface area contributed by atoms with Crippen molar-refractivity contribution in [3.8, 4) is 5.75 Å². The number of fused-ring (bicyclic) bond motifs is 1. The molecule has 1 atom stereocenters. The van der Waals surface area contributed by atoms with Crippen LogP contribution in [0.15, 0.2) is 40.8 Å². The molecule has 2 amide bonds. The molecule has 0 fully saturated rings. The first-order chi connectivity index (χ1) is 13.0. The van der Waals surface area contributed by atoms with Crippen LogP contribution >= 0.6 is 0 Å². The van der Waals surface area contributed by atoms with Crippen LogP contribution < -0.4 is 10.1 Å². The second-order valence-corrected chi connectivity index (χ2v) is 6.44. The molecule has 7 nitrogen and oxygen atoms in total. The molecule has 0 bridgehead atoms. The maximum absolute atomic E-state index is 12.5. The van der Waals surface area contributed by atoms with Crippen LogP contribution in [0.25, 0.3) is 10.8 Å². The number of benzene rings is 2. The quantitative estimate of drug-likeness (QED) is 0.718. The molecule has 7 heteroatoms. The van der Waals surface area contributed by atoms with Crippen LogP contribution in [-0.4, -0.2) is 35.3 Å². The van der Waals surface area contributed by atoms with Crippen LogP contribution in [0.2, 0.25) is 0 Å². The molecule has 1 N–H and O–H groups in total. The Hall–Kier alpha value is -3.09. The number of rotatable bonds is 6. The topological polar surface area (TPSA) is 80.5 Å². The summed E-state index contributed by atoms with van der Waals surface area (Å²) in [6, 6.07) is 11.7. The third-order valence-corrected chi connectivity index (χ3v) is 4.44. The number of urea groups is 1. The van der Waals surface area contributed by atoms with Crippen molar-refractivity contribution in [2.75, 3.05) is 14.2 Å². The molecule has 142 valence electrons. The van der Waals surface area contributed by atoms with Gasteiger partial charge in [-0.15, -0.1) is 10.2 Å². The Bertz CT molecular complexity index is 938. The highest BCUT2D eigenvalue weighted by molar-refractivity contribution is 5.85. The van der Waals surface area contributed by atoms with Crippen LogP contribution in [0.4, 0.5) is 4.79 Å². The summed E-state index contributed by atoms with van der Waals surface area (Å²) in [5, 5.41) is 13.0. The van der Waals surface area contributed by atoms with Gasteiger partial charge in [-0.2, -0.15) is 0 Å². The van der Waals surface area contributed by atoms with Crippen molar-refractivity contribution in [2.24, 2.45) is 0 Å². The van der Waals surface area contributed by atoms with Gasteiger partial charge in [0, 0.05) is 13.5 Å². The zero-order chi connectivity index (χ0) is 19.4. The summed E-state index contributed by atoms with van der Waals surface area (Å²) in [4.78, 5) is 14.0. The molecule has 0 aliphatic carbocycles. The monoisotopic (exact) mass is 368 g/mol. The number of hydrogen-bond acceptors (Lipinski definition) is 5. The Kier molecular flexibility index (Phi) is 5.59. The molecule has 1 aromatic heterocycles. The van der Waals surface area contributed by atoms with Crippen molar-refractivity contribution in [2.45, 2.75) is 32.9 Å². The smallest absolute Gasteiger partial charge is 0.318 e. The molecule has 0 unspecified atom stereocenters. The fourth-order valence-corrected chi connectivity index (χ4v) is 2.79. The van der Waals surface area contributed by atoms with Gasteiger partial charge in [-0.25, -0.2) is 4.79 Å². The lowest BCUT2D eigenvalue weighted by Crippen LogP contribution is -2.38. The summed E-state index contributed by atoms with van der Waals surface area (Å²) in [6.45, 7) is 4.16. The first-order valence-corrected chi connectivity index (χ1v) is 8.90. The number of nitrogens with zero attached hydrogens (tertiary/aromatic N) is 3. The minimum Gasteiger partial charge on any atom is -0.497 e. The average molecular weight is 368 g/mol. The van der Waals surface area contributed by atoms with Gasteiger partial charge in [-0.05, 0) is 41.5 Å². The van der Waals surface area contributed by atoms with Crippen molar-refractivity contribution in [1.29, 1.82) is 0 Å². The van der Waals surface area contributed by atoms with Gasteiger partial charge >= 0.3 is 6.03 Å². The first kappa shape index (κ1) is 18.7. The highest BCUT2D eigenvalue weighted by Crippen LogP contribution is 2.24. The van der Waals surface area contributed by atoms with E-state index in [0.29, 0.717) is 18.2 Å². The summed E-state index contributed by atoms with van der Waals surface area (Å²) in [5.41, 5.74) is 1.03. The van der Waals surface area contributed by atoms with E-state index in [1.807, 2.05) is 44.2 Å². The molecule has 0 aliphatic rings.